The fourth-order valence-electron chi connectivity index (χ4n) is 7.80. The number of carbonyl (C=O) groups is 1. The number of hydrogen-bond acceptors (Lipinski definition) is 1. The lowest BCUT2D eigenvalue weighted by atomic mass is 9.47. The highest BCUT2D eigenvalue weighted by molar-refractivity contribution is 6.01. The Morgan fingerprint density at radius 3 is 2.64 bits per heavy atom. The summed E-state index contributed by atoms with van der Waals surface area (Å²) < 4.78 is 0. The summed E-state index contributed by atoms with van der Waals surface area (Å²) in [6.45, 7) is 12.1. The van der Waals surface area contributed by atoms with Gasteiger partial charge in [0.2, 0.25) is 0 Å². The molecule has 0 radical (unpaired) electrons. The molecule has 0 aliphatic heterocycles. The van der Waals surface area contributed by atoms with E-state index in [-0.39, 0.29) is 11.2 Å². The van der Waals surface area contributed by atoms with E-state index in [1.165, 1.54) is 44.1 Å². The number of allylic oxidation sites excluding steroid dienone is 6. The molecule has 4 aliphatic carbocycles. The summed E-state index contributed by atoms with van der Waals surface area (Å²) in [6, 6.07) is 0. The van der Waals surface area contributed by atoms with Crippen molar-refractivity contribution < 1.29 is 4.79 Å². The summed E-state index contributed by atoms with van der Waals surface area (Å²) >= 11 is 0. The number of rotatable bonds is 4. The minimum Gasteiger partial charge on any atom is -0.290 e. The highest BCUT2D eigenvalue weighted by Crippen LogP contribution is 2.66. The Hall–Kier alpha value is -1.11. The van der Waals surface area contributed by atoms with Gasteiger partial charge in [-0.25, -0.2) is 0 Å². The van der Waals surface area contributed by atoms with Crippen LogP contribution in [-0.2, 0) is 4.79 Å². The van der Waals surface area contributed by atoms with Crippen LogP contribution in [-0.4, -0.2) is 5.78 Å². The number of ketones is 1. The van der Waals surface area contributed by atoms with Crippen LogP contribution in [0.1, 0.15) is 79.6 Å². The Labute approximate surface area is 172 Å². The highest BCUT2D eigenvalue weighted by atomic mass is 16.1. The monoisotopic (exact) mass is 380 g/mol. The van der Waals surface area contributed by atoms with E-state index in [9.17, 15) is 4.79 Å². The lowest BCUT2D eigenvalue weighted by Gasteiger charge is -2.57. The molecule has 1 heteroatoms. The summed E-state index contributed by atoms with van der Waals surface area (Å²) in [4.78, 5) is 11.9. The lowest BCUT2D eigenvalue weighted by molar-refractivity contribution is -0.111. The molecule has 0 spiro atoms. The molecule has 3 saturated carbocycles. The van der Waals surface area contributed by atoms with Gasteiger partial charge in [0.25, 0.3) is 0 Å². The largest absolute Gasteiger partial charge is 0.290 e. The van der Waals surface area contributed by atoms with Gasteiger partial charge in [0.1, 0.15) is 0 Å². The van der Waals surface area contributed by atoms with E-state index < -0.39 is 0 Å². The fraction of sp³-hybridized carbons (Fsp3) is 0.741. The summed E-state index contributed by atoms with van der Waals surface area (Å²) in [5.41, 5.74) is 2.07. The van der Waals surface area contributed by atoms with Crippen LogP contribution in [0, 0.1) is 46.3 Å². The van der Waals surface area contributed by atoms with Crippen LogP contribution in [0.15, 0.2) is 36.0 Å². The zero-order chi connectivity index (χ0) is 20.1. The zero-order valence-corrected chi connectivity index (χ0v) is 18.7. The van der Waals surface area contributed by atoms with Crippen LogP contribution in [0.3, 0.4) is 0 Å². The molecule has 4 rings (SSSR count). The Bertz CT molecular complexity index is 710. The number of hydrogen-bond donors (Lipinski definition) is 0. The third kappa shape index (κ3) is 3.17. The fourth-order valence-corrected chi connectivity index (χ4v) is 7.80. The topological polar surface area (TPSA) is 17.1 Å². The average Bonchev–Trinajstić information content (AvgIpc) is 2.99. The van der Waals surface area contributed by atoms with E-state index >= 15 is 0 Å². The lowest BCUT2D eigenvalue weighted by Crippen LogP contribution is -2.50. The molecule has 0 aromatic rings. The van der Waals surface area contributed by atoms with Gasteiger partial charge in [-0.3, -0.25) is 4.79 Å². The standard InChI is InChI=1S/C27H40O/c1-18(2)7-6-8-19(3)23-11-12-24-22-10-9-20-17-21(28)13-15-26(20,4)25(22)14-16-27(23,24)5/h6,8,13,15,17-19,22-25H,7,9-12,14,16H2,1-5H3/t19-,22+,23-,24+,25+,26+,27-/m1/s1. The molecule has 0 unspecified atom stereocenters. The van der Waals surface area contributed by atoms with Crippen LogP contribution in [0.2, 0.25) is 0 Å². The van der Waals surface area contributed by atoms with Crippen LogP contribution in [0.5, 0.6) is 0 Å². The van der Waals surface area contributed by atoms with Crippen molar-refractivity contribution in [1.82, 2.24) is 0 Å². The molecule has 0 amide bonds. The Morgan fingerprint density at radius 1 is 1.11 bits per heavy atom. The molecular formula is C27H40O. The SMILES string of the molecule is CC(C)CC=C[C@@H](C)[C@H]1CC[C@H]2[C@@H]3CCC4=CC(=O)C=C[C@]4(C)[C@H]3CC[C@]12C. The van der Waals surface area contributed by atoms with Gasteiger partial charge >= 0.3 is 0 Å². The highest BCUT2D eigenvalue weighted by Gasteiger charge is 2.58. The van der Waals surface area contributed by atoms with Crippen molar-refractivity contribution in [2.24, 2.45) is 46.3 Å². The van der Waals surface area contributed by atoms with E-state index in [2.05, 4.69) is 52.8 Å². The first-order valence-electron chi connectivity index (χ1n) is 11.9. The third-order valence-corrected chi connectivity index (χ3v) is 9.31. The molecule has 0 saturated heterocycles. The quantitative estimate of drug-likeness (QED) is 0.473. The van der Waals surface area contributed by atoms with Crippen molar-refractivity contribution >= 4 is 5.78 Å². The van der Waals surface area contributed by atoms with Crippen molar-refractivity contribution in [1.29, 1.82) is 0 Å². The van der Waals surface area contributed by atoms with Gasteiger partial charge < -0.3 is 0 Å². The Balaban J connectivity index is 1.54. The van der Waals surface area contributed by atoms with Crippen molar-refractivity contribution in [3.8, 4) is 0 Å². The van der Waals surface area contributed by atoms with Crippen molar-refractivity contribution in [3.05, 3.63) is 36.0 Å². The molecular weight excluding hydrogens is 340 g/mol. The van der Waals surface area contributed by atoms with Gasteiger partial charge in [0.05, 0.1) is 0 Å². The Kier molecular flexibility index (Phi) is 5.26. The molecule has 3 fully saturated rings. The van der Waals surface area contributed by atoms with Crippen molar-refractivity contribution in [3.63, 3.8) is 0 Å². The molecule has 0 heterocycles. The number of fused-ring (bicyclic) bond motifs is 5. The van der Waals surface area contributed by atoms with E-state index in [4.69, 9.17) is 0 Å². The third-order valence-electron chi connectivity index (χ3n) is 9.31. The maximum Gasteiger partial charge on any atom is 0.178 e. The van der Waals surface area contributed by atoms with E-state index in [1.54, 1.807) is 0 Å². The molecule has 0 aromatic carbocycles. The summed E-state index contributed by atoms with van der Waals surface area (Å²) in [7, 11) is 0. The number of carbonyl (C=O) groups excluding carboxylic acids is 1. The van der Waals surface area contributed by atoms with Gasteiger partial charge in [0, 0.05) is 5.41 Å². The molecule has 28 heavy (non-hydrogen) atoms. The van der Waals surface area contributed by atoms with Crippen LogP contribution in [0.4, 0.5) is 0 Å². The molecule has 0 aromatic heterocycles. The average molecular weight is 381 g/mol. The van der Waals surface area contributed by atoms with Crippen LogP contribution >= 0.6 is 0 Å². The minimum atomic E-state index is 0.138. The predicted octanol–water partition coefficient (Wildman–Crippen LogP) is 7.15. The molecule has 0 bridgehead atoms. The maximum atomic E-state index is 11.9. The Morgan fingerprint density at radius 2 is 1.89 bits per heavy atom. The van der Waals surface area contributed by atoms with Crippen molar-refractivity contribution in [2.45, 2.75) is 79.6 Å². The van der Waals surface area contributed by atoms with E-state index in [0.29, 0.717) is 11.3 Å². The molecule has 154 valence electrons. The first-order valence-corrected chi connectivity index (χ1v) is 11.9. The minimum absolute atomic E-state index is 0.138. The van der Waals surface area contributed by atoms with Gasteiger partial charge in [-0.1, -0.05) is 58.4 Å². The van der Waals surface area contributed by atoms with Gasteiger partial charge in [-0.05, 0) is 98.0 Å². The van der Waals surface area contributed by atoms with Crippen molar-refractivity contribution in [2.75, 3.05) is 0 Å². The molecule has 1 nitrogen and oxygen atoms in total. The molecule has 4 aliphatic rings. The van der Waals surface area contributed by atoms with Gasteiger partial charge in [0.15, 0.2) is 5.78 Å². The molecule has 7 atom stereocenters. The summed E-state index contributed by atoms with van der Waals surface area (Å²) in [5.74, 6) is 4.96. The molecule has 0 N–H and O–H groups in total. The second-order valence-electron chi connectivity index (χ2n) is 11.2. The maximum absolute atomic E-state index is 11.9. The summed E-state index contributed by atoms with van der Waals surface area (Å²) in [6.07, 6.45) is 20.2. The smallest absolute Gasteiger partial charge is 0.178 e. The van der Waals surface area contributed by atoms with Crippen LogP contribution in [0.25, 0.3) is 0 Å². The van der Waals surface area contributed by atoms with Gasteiger partial charge in [-0.2, -0.15) is 0 Å². The zero-order valence-electron chi connectivity index (χ0n) is 18.7. The second kappa shape index (κ2) is 7.29. The summed E-state index contributed by atoms with van der Waals surface area (Å²) in [5, 5.41) is 0. The first kappa shape index (κ1) is 20.2. The van der Waals surface area contributed by atoms with Gasteiger partial charge in [-0.15, -0.1) is 0 Å². The van der Waals surface area contributed by atoms with Crippen LogP contribution < -0.4 is 0 Å². The first-order chi connectivity index (χ1) is 13.3. The normalized spacial score (nSPS) is 43.6. The van der Waals surface area contributed by atoms with E-state index in [1.807, 2.05) is 12.2 Å². The van der Waals surface area contributed by atoms with E-state index in [0.717, 1.165) is 36.0 Å². The second-order valence-corrected chi connectivity index (χ2v) is 11.2. The predicted molar refractivity (Wildman–Crippen MR) is 118 cm³/mol.